The Morgan fingerprint density at radius 3 is 2.76 bits per heavy atom. The summed E-state index contributed by atoms with van der Waals surface area (Å²) in [5, 5.41) is 10.4. The molecular formula is C12H9N3O4S2. The number of carboxylic acid groups (broad SMARTS) is 1. The number of fused-ring (bicyclic) bond motifs is 1. The van der Waals surface area contributed by atoms with Gasteiger partial charge in [-0.05, 0) is 23.6 Å². The Balaban J connectivity index is 1.99. The molecule has 0 amide bonds. The summed E-state index contributed by atoms with van der Waals surface area (Å²) in [5.41, 5.74) is 1.29. The lowest BCUT2D eigenvalue weighted by Gasteiger charge is -2.04. The van der Waals surface area contributed by atoms with Crippen LogP contribution < -0.4 is 4.72 Å². The van der Waals surface area contributed by atoms with Crippen molar-refractivity contribution in [2.75, 3.05) is 4.72 Å². The number of para-hydroxylation sites is 2. The maximum absolute atomic E-state index is 12.2. The average molecular weight is 323 g/mol. The molecule has 0 bridgehead atoms. The highest BCUT2D eigenvalue weighted by Gasteiger charge is 2.24. The molecule has 3 N–H and O–H groups in total. The first-order chi connectivity index (χ1) is 9.97. The fourth-order valence-corrected chi connectivity index (χ4v) is 4.07. The Bertz CT molecular complexity index is 894. The number of nitrogens with zero attached hydrogens (tertiary/aromatic N) is 1. The van der Waals surface area contributed by atoms with Crippen molar-refractivity contribution in [3.8, 4) is 0 Å². The maximum Gasteiger partial charge on any atom is 0.347 e. The number of H-pyrrole nitrogens is 1. The number of carbonyl (C=O) groups is 1. The van der Waals surface area contributed by atoms with Crippen molar-refractivity contribution in [1.82, 2.24) is 9.97 Å². The highest BCUT2D eigenvalue weighted by Crippen LogP contribution is 2.24. The monoisotopic (exact) mass is 323 g/mol. The van der Waals surface area contributed by atoms with Gasteiger partial charge in [-0.1, -0.05) is 12.1 Å². The zero-order valence-electron chi connectivity index (χ0n) is 10.4. The highest BCUT2D eigenvalue weighted by atomic mass is 32.2. The number of aromatic amines is 1. The first-order valence-electron chi connectivity index (χ1n) is 5.76. The van der Waals surface area contributed by atoms with E-state index < -0.39 is 16.0 Å². The molecule has 0 aliphatic heterocycles. The van der Waals surface area contributed by atoms with Crippen molar-refractivity contribution < 1.29 is 18.3 Å². The van der Waals surface area contributed by atoms with E-state index in [-0.39, 0.29) is 15.7 Å². The molecule has 1 aromatic carbocycles. The molecule has 0 saturated heterocycles. The third-order valence-corrected chi connectivity index (χ3v) is 5.15. The molecule has 0 saturated carbocycles. The zero-order chi connectivity index (χ0) is 15.0. The third-order valence-electron chi connectivity index (χ3n) is 2.73. The number of hydrogen-bond donors (Lipinski definition) is 3. The number of carboxylic acids is 1. The van der Waals surface area contributed by atoms with Gasteiger partial charge in [0, 0.05) is 0 Å². The van der Waals surface area contributed by atoms with E-state index in [1.165, 1.54) is 11.4 Å². The topological polar surface area (TPSA) is 112 Å². The van der Waals surface area contributed by atoms with Crippen LogP contribution in [-0.4, -0.2) is 29.5 Å². The lowest BCUT2D eigenvalue weighted by molar-refractivity contribution is 0.0698. The van der Waals surface area contributed by atoms with Crippen LogP contribution in [0.15, 0.2) is 40.6 Å². The van der Waals surface area contributed by atoms with Crippen LogP contribution in [0.3, 0.4) is 0 Å². The molecule has 0 atom stereocenters. The Hall–Kier alpha value is -2.39. The third kappa shape index (κ3) is 2.48. The molecule has 0 fully saturated rings. The van der Waals surface area contributed by atoms with Crippen molar-refractivity contribution in [2.24, 2.45) is 0 Å². The summed E-state index contributed by atoms with van der Waals surface area (Å²) in [4.78, 5) is 17.4. The Kier molecular flexibility index (Phi) is 3.15. The molecule has 9 heteroatoms. The second kappa shape index (κ2) is 4.86. The minimum Gasteiger partial charge on any atom is -0.477 e. The molecule has 2 aromatic heterocycles. The largest absolute Gasteiger partial charge is 0.477 e. The van der Waals surface area contributed by atoms with Gasteiger partial charge in [0.15, 0.2) is 0 Å². The quantitative estimate of drug-likeness (QED) is 0.681. The van der Waals surface area contributed by atoms with Gasteiger partial charge in [-0.2, -0.15) is 0 Å². The summed E-state index contributed by atoms with van der Waals surface area (Å²) in [5.74, 6) is -1.24. The van der Waals surface area contributed by atoms with E-state index in [2.05, 4.69) is 14.7 Å². The molecule has 3 aromatic rings. The second-order valence-electron chi connectivity index (χ2n) is 4.13. The van der Waals surface area contributed by atoms with Gasteiger partial charge in [-0.3, -0.25) is 0 Å². The zero-order valence-corrected chi connectivity index (χ0v) is 12.0. The van der Waals surface area contributed by atoms with Crippen LogP contribution in [0, 0.1) is 0 Å². The molecule has 0 radical (unpaired) electrons. The van der Waals surface area contributed by atoms with Gasteiger partial charge in [0.1, 0.15) is 9.77 Å². The summed E-state index contributed by atoms with van der Waals surface area (Å²) in [6.45, 7) is 0. The van der Waals surface area contributed by atoms with Gasteiger partial charge >= 0.3 is 5.97 Å². The van der Waals surface area contributed by atoms with Crippen molar-refractivity contribution in [3.05, 3.63) is 40.6 Å². The molecule has 21 heavy (non-hydrogen) atoms. The molecular weight excluding hydrogens is 314 g/mol. The van der Waals surface area contributed by atoms with Gasteiger partial charge in [0.25, 0.3) is 10.0 Å². The van der Waals surface area contributed by atoms with Gasteiger partial charge in [-0.25, -0.2) is 22.9 Å². The number of anilines is 1. The number of benzene rings is 1. The van der Waals surface area contributed by atoms with Crippen molar-refractivity contribution >= 4 is 44.3 Å². The summed E-state index contributed by atoms with van der Waals surface area (Å²) in [6.07, 6.45) is 0. The lowest BCUT2D eigenvalue weighted by Crippen LogP contribution is -2.15. The predicted octanol–water partition coefficient (Wildman–Crippen LogP) is 2.12. The van der Waals surface area contributed by atoms with Gasteiger partial charge < -0.3 is 10.1 Å². The number of aromatic nitrogens is 2. The number of thiophene rings is 1. The summed E-state index contributed by atoms with van der Waals surface area (Å²) in [6, 6.07) is 8.31. The standard InChI is InChI=1S/C12H9N3O4S2/c16-11(17)10-9(5-6-20-10)21(18,19)15-12-13-7-3-1-2-4-8(7)14-12/h1-6H,(H,16,17)(H2,13,14,15). The number of imidazole rings is 1. The predicted molar refractivity (Wildman–Crippen MR) is 78.2 cm³/mol. The fourth-order valence-electron chi connectivity index (χ4n) is 1.85. The summed E-state index contributed by atoms with van der Waals surface area (Å²) >= 11 is 0.851. The van der Waals surface area contributed by atoms with E-state index in [1.54, 1.807) is 24.3 Å². The smallest absolute Gasteiger partial charge is 0.347 e. The molecule has 0 spiro atoms. The molecule has 2 heterocycles. The molecule has 7 nitrogen and oxygen atoms in total. The van der Waals surface area contributed by atoms with Crippen LogP contribution in [0.25, 0.3) is 11.0 Å². The minimum absolute atomic E-state index is 0.0405. The molecule has 3 rings (SSSR count). The van der Waals surface area contributed by atoms with E-state index in [0.717, 1.165) is 11.3 Å². The van der Waals surface area contributed by atoms with Gasteiger partial charge in [0.05, 0.1) is 11.0 Å². The van der Waals surface area contributed by atoms with Crippen LogP contribution in [-0.2, 0) is 10.0 Å². The van der Waals surface area contributed by atoms with Gasteiger partial charge in [0.2, 0.25) is 5.95 Å². The van der Waals surface area contributed by atoms with Crippen LogP contribution >= 0.6 is 11.3 Å². The maximum atomic E-state index is 12.2. The second-order valence-corrected chi connectivity index (χ2v) is 6.69. The number of aromatic carboxylic acids is 1. The van der Waals surface area contributed by atoms with Crippen LogP contribution in [0.2, 0.25) is 0 Å². The fraction of sp³-hybridized carbons (Fsp3) is 0. The highest BCUT2D eigenvalue weighted by molar-refractivity contribution is 7.93. The molecule has 0 aliphatic rings. The van der Waals surface area contributed by atoms with Crippen LogP contribution in [0.5, 0.6) is 0 Å². The normalized spacial score (nSPS) is 11.6. The van der Waals surface area contributed by atoms with E-state index in [9.17, 15) is 13.2 Å². The Morgan fingerprint density at radius 1 is 1.29 bits per heavy atom. The first kappa shape index (κ1) is 13.6. The Labute approximate surface area is 123 Å². The van der Waals surface area contributed by atoms with Gasteiger partial charge in [-0.15, -0.1) is 11.3 Å². The van der Waals surface area contributed by atoms with E-state index in [0.29, 0.717) is 11.0 Å². The number of sulfonamides is 1. The van der Waals surface area contributed by atoms with Crippen LogP contribution in [0.1, 0.15) is 9.67 Å². The number of nitrogens with one attached hydrogen (secondary N) is 2. The number of hydrogen-bond acceptors (Lipinski definition) is 5. The SMILES string of the molecule is O=C(O)c1sccc1S(=O)(=O)Nc1nc2ccccc2[nH]1. The van der Waals surface area contributed by atoms with E-state index in [1.807, 2.05) is 0 Å². The first-order valence-corrected chi connectivity index (χ1v) is 8.12. The average Bonchev–Trinajstić information content (AvgIpc) is 3.04. The van der Waals surface area contributed by atoms with Crippen molar-refractivity contribution in [1.29, 1.82) is 0 Å². The van der Waals surface area contributed by atoms with E-state index >= 15 is 0 Å². The summed E-state index contributed by atoms with van der Waals surface area (Å²) in [7, 11) is -4.01. The van der Waals surface area contributed by atoms with E-state index in [4.69, 9.17) is 5.11 Å². The minimum atomic E-state index is -4.01. The van der Waals surface area contributed by atoms with Crippen molar-refractivity contribution in [2.45, 2.75) is 4.90 Å². The lowest BCUT2D eigenvalue weighted by atomic mass is 10.3. The van der Waals surface area contributed by atoms with Crippen LogP contribution in [0.4, 0.5) is 5.95 Å². The number of rotatable bonds is 4. The molecule has 0 unspecified atom stereocenters. The molecule has 0 aliphatic carbocycles. The Morgan fingerprint density at radius 2 is 2.05 bits per heavy atom. The van der Waals surface area contributed by atoms with Crippen molar-refractivity contribution in [3.63, 3.8) is 0 Å². The molecule has 108 valence electrons. The summed E-state index contributed by atoms with van der Waals surface area (Å²) < 4.78 is 26.7.